The summed E-state index contributed by atoms with van der Waals surface area (Å²) in [5.74, 6) is -0.340. The van der Waals surface area contributed by atoms with Crippen molar-refractivity contribution in [3.8, 4) is 5.75 Å². The van der Waals surface area contributed by atoms with Gasteiger partial charge >= 0.3 is 0 Å². The Morgan fingerprint density at radius 3 is 2.75 bits per heavy atom. The molecule has 4 nitrogen and oxygen atoms in total. The van der Waals surface area contributed by atoms with Crippen LogP contribution in [0.25, 0.3) is 10.9 Å². The molecule has 0 spiro atoms. The molecular weight excluding hydrogens is 331 g/mol. The van der Waals surface area contributed by atoms with Crippen molar-refractivity contribution in [2.75, 3.05) is 12.4 Å². The lowest BCUT2D eigenvalue weighted by molar-refractivity contribution is 0.102. The van der Waals surface area contributed by atoms with Crippen LogP contribution >= 0.6 is 11.6 Å². The van der Waals surface area contributed by atoms with Gasteiger partial charge in [0.05, 0.1) is 23.9 Å². The Bertz CT molecular complexity index is 944. The number of benzene rings is 2. The number of carbonyl (C=O) groups is 1. The highest BCUT2D eigenvalue weighted by molar-refractivity contribution is 6.31. The Kier molecular flexibility index (Phi) is 4.36. The van der Waals surface area contributed by atoms with E-state index in [4.69, 9.17) is 16.3 Å². The van der Waals surface area contributed by atoms with E-state index in [-0.39, 0.29) is 0 Å². The lowest BCUT2D eigenvalue weighted by atomic mass is 10.1. The number of methoxy groups -OCH3 is 1. The van der Waals surface area contributed by atoms with E-state index >= 15 is 0 Å². The molecule has 2 aromatic carbocycles. The lowest BCUT2D eigenvalue weighted by Crippen LogP contribution is -2.14. The molecule has 122 valence electrons. The topological polar surface area (TPSA) is 51.2 Å². The van der Waals surface area contributed by atoms with Gasteiger partial charge in [-0.2, -0.15) is 0 Å². The maximum Gasteiger partial charge on any atom is 0.256 e. The number of aryl methyl sites for hydroxylation is 1. The summed E-state index contributed by atoms with van der Waals surface area (Å²) in [4.78, 5) is 17.0. The van der Waals surface area contributed by atoms with Gasteiger partial charge in [-0.05, 0) is 49.4 Å². The monoisotopic (exact) mass is 344 g/mol. The molecule has 0 aliphatic rings. The molecule has 0 atom stereocenters. The van der Waals surface area contributed by atoms with Gasteiger partial charge in [0.15, 0.2) is 0 Å². The van der Waals surface area contributed by atoms with Crippen LogP contribution in [0.3, 0.4) is 0 Å². The van der Waals surface area contributed by atoms with Crippen LogP contribution in [-0.4, -0.2) is 18.0 Å². The first-order chi connectivity index (χ1) is 11.5. The van der Waals surface area contributed by atoms with Crippen LogP contribution in [0.2, 0.25) is 5.02 Å². The van der Waals surface area contributed by atoms with Gasteiger partial charge in [-0.1, -0.05) is 11.6 Å². The summed E-state index contributed by atoms with van der Waals surface area (Å²) in [5.41, 5.74) is 1.99. The fourth-order valence-corrected chi connectivity index (χ4v) is 2.66. The molecule has 0 aliphatic carbocycles. The van der Waals surface area contributed by atoms with Crippen LogP contribution in [0.5, 0.6) is 5.75 Å². The standard InChI is InChI=1S/C18H14ClFN2O2/c1-10-7-14(13-9-12(20)4-5-15(13)21-10)18(23)22-16-8-11(19)3-6-17(16)24-2/h3-9H,1-2H3,(H,22,23). The maximum absolute atomic E-state index is 13.6. The van der Waals surface area contributed by atoms with Crippen molar-refractivity contribution in [3.63, 3.8) is 0 Å². The minimum absolute atomic E-state index is 0.332. The van der Waals surface area contributed by atoms with Crippen LogP contribution in [0.15, 0.2) is 42.5 Å². The number of hydrogen-bond donors (Lipinski definition) is 1. The molecule has 6 heteroatoms. The summed E-state index contributed by atoms with van der Waals surface area (Å²) < 4.78 is 18.8. The van der Waals surface area contributed by atoms with Gasteiger partial charge in [-0.25, -0.2) is 4.39 Å². The average Bonchev–Trinajstić information content (AvgIpc) is 2.54. The molecule has 1 aromatic heterocycles. The molecule has 0 bridgehead atoms. The molecule has 3 aromatic rings. The molecule has 3 rings (SSSR count). The van der Waals surface area contributed by atoms with Gasteiger partial charge in [-0.15, -0.1) is 0 Å². The minimum Gasteiger partial charge on any atom is -0.495 e. The summed E-state index contributed by atoms with van der Waals surface area (Å²) in [5, 5.41) is 3.67. The van der Waals surface area contributed by atoms with Crippen molar-refractivity contribution in [2.24, 2.45) is 0 Å². The van der Waals surface area contributed by atoms with E-state index in [9.17, 15) is 9.18 Å². The number of aromatic nitrogens is 1. The van der Waals surface area contributed by atoms with Crippen LogP contribution in [0.1, 0.15) is 16.1 Å². The minimum atomic E-state index is -0.428. The van der Waals surface area contributed by atoms with Crippen LogP contribution < -0.4 is 10.1 Å². The number of ether oxygens (including phenoxy) is 1. The van der Waals surface area contributed by atoms with Crippen molar-refractivity contribution in [1.29, 1.82) is 0 Å². The molecular formula is C18H14ClFN2O2. The molecule has 0 unspecified atom stereocenters. The fraction of sp³-hybridized carbons (Fsp3) is 0.111. The quantitative estimate of drug-likeness (QED) is 0.755. The Morgan fingerprint density at radius 2 is 2.00 bits per heavy atom. The largest absolute Gasteiger partial charge is 0.495 e. The summed E-state index contributed by atoms with van der Waals surface area (Å²) in [6, 6.07) is 10.7. The lowest BCUT2D eigenvalue weighted by Gasteiger charge is -2.12. The van der Waals surface area contributed by atoms with E-state index in [2.05, 4.69) is 10.3 Å². The van der Waals surface area contributed by atoms with E-state index in [1.807, 2.05) is 0 Å². The summed E-state index contributed by atoms with van der Waals surface area (Å²) in [6.07, 6.45) is 0. The van der Waals surface area contributed by atoms with Crippen molar-refractivity contribution in [2.45, 2.75) is 6.92 Å². The number of fused-ring (bicyclic) bond motifs is 1. The van der Waals surface area contributed by atoms with E-state index in [0.29, 0.717) is 38.6 Å². The molecule has 1 heterocycles. The molecule has 0 fully saturated rings. The first-order valence-corrected chi connectivity index (χ1v) is 7.57. The first-order valence-electron chi connectivity index (χ1n) is 7.20. The predicted octanol–water partition coefficient (Wildman–Crippen LogP) is 4.60. The Labute approximate surface area is 143 Å². The Morgan fingerprint density at radius 1 is 1.21 bits per heavy atom. The second-order valence-corrected chi connectivity index (χ2v) is 5.71. The van der Waals surface area contributed by atoms with E-state index in [1.54, 1.807) is 37.3 Å². The molecule has 0 saturated heterocycles. The normalized spacial score (nSPS) is 10.7. The van der Waals surface area contributed by atoms with Crippen LogP contribution in [0.4, 0.5) is 10.1 Å². The average molecular weight is 345 g/mol. The van der Waals surface area contributed by atoms with Crippen molar-refractivity contribution >= 4 is 34.1 Å². The number of nitrogens with zero attached hydrogens (tertiary/aromatic N) is 1. The Balaban J connectivity index is 2.06. The van der Waals surface area contributed by atoms with Crippen molar-refractivity contribution in [3.05, 3.63) is 64.6 Å². The summed E-state index contributed by atoms with van der Waals surface area (Å²) >= 11 is 5.98. The number of carbonyl (C=O) groups excluding carboxylic acids is 1. The molecule has 1 amide bonds. The van der Waals surface area contributed by atoms with Gasteiger partial charge in [0, 0.05) is 16.1 Å². The number of amides is 1. The zero-order chi connectivity index (χ0) is 17.3. The smallest absolute Gasteiger partial charge is 0.256 e. The third-order valence-electron chi connectivity index (χ3n) is 3.55. The predicted molar refractivity (Wildman–Crippen MR) is 92.4 cm³/mol. The first kappa shape index (κ1) is 16.2. The summed E-state index contributed by atoms with van der Waals surface area (Å²) in [6.45, 7) is 1.78. The van der Waals surface area contributed by atoms with E-state index in [1.165, 1.54) is 19.2 Å². The molecule has 1 N–H and O–H groups in total. The third kappa shape index (κ3) is 3.16. The zero-order valence-electron chi connectivity index (χ0n) is 13.1. The highest BCUT2D eigenvalue weighted by Gasteiger charge is 2.15. The second kappa shape index (κ2) is 6.45. The van der Waals surface area contributed by atoms with E-state index < -0.39 is 11.7 Å². The molecule has 0 aliphatic heterocycles. The van der Waals surface area contributed by atoms with Gasteiger partial charge in [-0.3, -0.25) is 9.78 Å². The number of halogens is 2. The van der Waals surface area contributed by atoms with Crippen molar-refractivity contribution in [1.82, 2.24) is 4.98 Å². The maximum atomic E-state index is 13.6. The molecule has 24 heavy (non-hydrogen) atoms. The fourth-order valence-electron chi connectivity index (χ4n) is 2.49. The summed E-state index contributed by atoms with van der Waals surface area (Å²) in [7, 11) is 1.50. The number of rotatable bonds is 3. The Hall–Kier alpha value is -2.66. The zero-order valence-corrected chi connectivity index (χ0v) is 13.8. The second-order valence-electron chi connectivity index (χ2n) is 5.27. The highest BCUT2D eigenvalue weighted by Crippen LogP contribution is 2.29. The van der Waals surface area contributed by atoms with E-state index in [0.717, 1.165) is 0 Å². The van der Waals surface area contributed by atoms with Gasteiger partial charge in [0.2, 0.25) is 0 Å². The van der Waals surface area contributed by atoms with Crippen molar-refractivity contribution < 1.29 is 13.9 Å². The van der Waals surface area contributed by atoms with Gasteiger partial charge < -0.3 is 10.1 Å². The van der Waals surface area contributed by atoms with Crippen LogP contribution in [0, 0.1) is 12.7 Å². The van der Waals surface area contributed by atoms with Gasteiger partial charge in [0.25, 0.3) is 5.91 Å². The highest BCUT2D eigenvalue weighted by atomic mass is 35.5. The number of anilines is 1. The molecule has 0 saturated carbocycles. The third-order valence-corrected chi connectivity index (χ3v) is 3.79. The van der Waals surface area contributed by atoms with Crippen LogP contribution in [-0.2, 0) is 0 Å². The SMILES string of the molecule is COc1ccc(Cl)cc1NC(=O)c1cc(C)nc2ccc(F)cc12. The molecule has 0 radical (unpaired) electrons. The number of pyridine rings is 1. The number of nitrogens with one attached hydrogen (secondary N) is 1. The van der Waals surface area contributed by atoms with Gasteiger partial charge in [0.1, 0.15) is 11.6 Å². The number of hydrogen-bond acceptors (Lipinski definition) is 3.